The summed E-state index contributed by atoms with van der Waals surface area (Å²) < 4.78 is 23.5. The standard InChI is InChI=1S/C12H16BrFN2O3/c1-18-4-2-3-16-12(17)7-19-11-6-9(14)8(13)5-10(11)15/h5-6H,2-4,7,15H2,1H3,(H,16,17). The van der Waals surface area contributed by atoms with Gasteiger partial charge in [-0.25, -0.2) is 4.39 Å². The third kappa shape index (κ3) is 5.44. The number of rotatable bonds is 7. The number of anilines is 1. The van der Waals surface area contributed by atoms with E-state index in [9.17, 15) is 9.18 Å². The maximum atomic E-state index is 13.3. The van der Waals surface area contributed by atoms with Crippen LogP contribution >= 0.6 is 15.9 Å². The van der Waals surface area contributed by atoms with E-state index < -0.39 is 5.82 Å². The van der Waals surface area contributed by atoms with E-state index in [-0.39, 0.29) is 28.4 Å². The summed E-state index contributed by atoms with van der Waals surface area (Å²) in [6.07, 6.45) is 0.720. The van der Waals surface area contributed by atoms with Gasteiger partial charge in [-0.05, 0) is 28.4 Å². The monoisotopic (exact) mass is 334 g/mol. The van der Waals surface area contributed by atoms with Gasteiger partial charge in [-0.1, -0.05) is 0 Å². The Morgan fingerprint density at radius 3 is 2.95 bits per heavy atom. The molecule has 5 nitrogen and oxygen atoms in total. The first kappa shape index (κ1) is 15.7. The summed E-state index contributed by atoms with van der Waals surface area (Å²) in [5, 5.41) is 2.65. The molecule has 1 aromatic carbocycles. The molecular formula is C12H16BrFN2O3. The van der Waals surface area contributed by atoms with Crippen LogP contribution in [-0.4, -0.2) is 32.8 Å². The molecule has 3 N–H and O–H groups in total. The molecule has 0 unspecified atom stereocenters. The molecule has 0 heterocycles. The number of carbonyl (C=O) groups is 1. The minimum absolute atomic E-state index is 0.146. The van der Waals surface area contributed by atoms with E-state index >= 15 is 0 Å². The van der Waals surface area contributed by atoms with Crippen LogP contribution in [0.5, 0.6) is 5.75 Å². The van der Waals surface area contributed by atoms with Gasteiger partial charge in [-0.3, -0.25) is 4.79 Å². The molecule has 0 saturated heterocycles. The number of hydrogen-bond acceptors (Lipinski definition) is 4. The Bertz CT molecular complexity index is 443. The summed E-state index contributed by atoms with van der Waals surface area (Å²) in [5.41, 5.74) is 5.91. The lowest BCUT2D eigenvalue weighted by atomic mass is 10.3. The molecule has 0 saturated carbocycles. The van der Waals surface area contributed by atoms with Gasteiger partial charge in [0.1, 0.15) is 11.6 Å². The number of methoxy groups -OCH3 is 1. The lowest BCUT2D eigenvalue weighted by Gasteiger charge is -2.10. The van der Waals surface area contributed by atoms with E-state index in [1.807, 2.05) is 0 Å². The number of carbonyl (C=O) groups excluding carboxylic acids is 1. The highest BCUT2D eigenvalue weighted by Gasteiger charge is 2.09. The Morgan fingerprint density at radius 1 is 1.53 bits per heavy atom. The molecule has 1 rings (SSSR count). The Kier molecular flexibility index (Phi) is 6.58. The van der Waals surface area contributed by atoms with Gasteiger partial charge in [-0.15, -0.1) is 0 Å². The fraction of sp³-hybridized carbons (Fsp3) is 0.417. The maximum Gasteiger partial charge on any atom is 0.257 e. The third-order valence-corrected chi connectivity index (χ3v) is 2.87. The molecule has 0 aliphatic carbocycles. The number of halogens is 2. The molecule has 106 valence electrons. The molecule has 19 heavy (non-hydrogen) atoms. The van der Waals surface area contributed by atoms with Gasteiger partial charge in [0.05, 0.1) is 10.2 Å². The highest BCUT2D eigenvalue weighted by atomic mass is 79.9. The van der Waals surface area contributed by atoms with Crippen molar-refractivity contribution in [1.82, 2.24) is 5.32 Å². The van der Waals surface area contributed by atoms with Crippen LogP contribution in [0.4, 0.5) is 10.1 Å². The summed E-state index contributed by atoms with van der Waals surface area (Å²) in [4.78, 5) is 11.4. The minimum Gasteiger partial charge on any atom is -0.482 e. The zero-order valence-corrected chi connectivity index (χ0v) is 12.1. The van der Waals surface area contributed by atoms with Crippen molar-refractivity contribution in [3.05, 3.63) is 22.4 Å². The van der Waals surface area contributed by atoms with Crippen LogP contribution in [0.25, 0.3) is 0 Å². The molecule has 0 aliphatic rings. The Morgan fingerprint density at radius 2 is 2.26 bits per heavy atom. The van der Waals surface area contributed by atoms with Crippen molar-refractivity contribution in [2.24, 2.45) is 0 Å². The second kappa shape index (κ2) is 7.96. The van der Waals surface area contributed by atoms with Crippen molar-refractivity contribution >= 4 is 27.5 Å². The number of nitrogens with two attached hydrogens (primary N) is 1. The van der Waals surface area contributed by atoms with E-state index in [0.29, 0.717) is 13.2 Å². The first-order valence-electron chi connectivity index (χ1n) is 5.67. The Balaban J connectivity index is 2.40. The molecule has 0 aromatic heterocycles. The normalized spacial score (nSPS) is 10.3. The average Bonchev–Trinajstić information content (AvgIpc) is 2.37. The fourth-order valence-electron chi connectivity index (χ4n) is 1.31. The third-order valence-electron chi connectivity index (χ3n) is 2.26. The summed E-state index contributed by atoms with van der Waals surface area (Å²) in [7, 11) is 1.59. The first-order chi connectivity index (χ1) is 9.04. The second-order valence-electron chi connectivity index (χ2n) is 3.79. The van der Waals surface area contributed by atoms with Crippen molar-refractivity contribution in [2.75, 3.05) is 32.6 Å². The van der Waals surface area contributed by atoms with Crippen LogP contribution in [0, 0.1) is 5.82 Å². The van der Waals surface area contributed by atoms with Crippen LogP contribution in [0.3, 0.4) is 0 Å². The Hall–Kier alpha value is -1.34. The summed E-state index contributed by atoms with van der Waals surface area (Å²) >= 11 is 3.01. The van der Waals surface area contributed by atoms with Crippen molar-refractivity contribution in [1.29, 1.82) is 0 Å². The molecule has 0 fully saturated rings. The number of hydrogen-bond donors (Lipinski definition) is 2. The maximum absolute atomic E-state index is 13.3. The van der Waals surface area contributed by atoms with Gasteiger partial charge in [0.2, 0.25) is 0 Å². The minimum atomic E-state index is -0.496. The lowest BCUT2D eigenvalue weighted by Crippen LogP contribution is -2.30. The number of ether oxygens (including phenoxy) is 2. The first-order valence-corrected chi connectivity index (χ1v) is 6.47. The summed E-state index contributed by atoms with van der Waals surface area (Å²) in [6.45, 7) is 0.866. The molecule has 7 heteroatoms. The number of amides is 1. The smallest absolute Gasteiger partial charge is 0.257 e. The topological polar surface area (TPSA) is 73.6 Å². The highest BCUT2D eigenvalue weighted by Crippen LogP contribution is 2.28. The van der Waals surface area contributed by atoms with Gasteiger partial charge < -0.3 is 20.5 Å². The lowest BCUT2D eigenvalue weighted by molar-refractivity contribution is -0.123. The van der Waals surface area contributed by atoms with E-state index in [1.54, 1.807) is 7.11 Å². The summed E-state index contributed by atoms with van der Waals surface area (Å²) in [6, 6.07) is 2.53. The Labute approximate surface area is 119 Å². The van der Waals surface area contributed by atoms with E-state index in [1.165, 1.54) is 6.07 Å². The van der Waals surface area contributed by atoms with Crippen molar-refractivity contribution < 1.29 is 18.7 Å². The van der Waals surface area contributed by atoms with Crippen LogP contribution in [0.1, 0.15) is 6.42 Å². The van der Waals surface area contributed by atoms with E-state index in [4.69, 9.17) is 15.2 Å². The average molecular weight is 335 g/mol. The van der Waals surface area contributed by atoms with Gasteiger partial charge in [-0.2, -0.15) is 0 Å². The predicted molar refractivity (Wildman–Crippen MR) is 73.5 cm³/mol. The van der Waals surface area contributed by atoms with Gasteiger partial charge in [0, 0.05) is 26.3 Å². The van der Waals surface area contributed by atoms with Crippen LogP contribution in [0.2, 0.25) is 0 Å². The highest BCUT2D eigenvalue weighted by molar-refractivity contribution is 9.10. The second-order valence-corrected chi connectivity index (χ2v) is 4.64. The van der Waals surface area contributed by atoms with E-state index in [2.05, 4.69) is 21.2 Å². The molecule has 0 atom stereocenters. The number of nitrogens with one attached hydrogen (secondary N) is 1. The predicted octanol–water partition coefficient (Wildman–Crippen LogP) is 1.70. The molecular weight excluding hydrogens is 319 g/mol. The number of benzene rings is 1. The molecule has 0 radical (unpaired) electrons. The SMILES string of the molecule is COCCCNC(=O)COc1cc(F)c(Br)cc1N. The van der Waals surface area contributed by atoms with Crippen molar-refractivity contribution in [3.8, 4) is 5.75 Å². The van der Waals surface area contributed by atoms with Gasteiger partial charge in [0.25, 0.3) is 5.91 Å². The van der Waals surface area contributed by atoms with Crippen molar-refractivity contribution in [3.63, 3.8) is 0 Å². The van der Waals surface area contributed by atoms with Gasteiger partial charge in [0.15, 0.2) is 6.61 Å². The molecule has 0 spiro atoms. The van der Waals surface area contributed by atoms with Crippen molar-refractivity contribution in [2.45, 2.75) is 6.42 Å². The van der Waals surface area contributed by atoms with Crippen LogP contribution < -0.4 is 15.8 Å². The molecule has 0 aliphatic heterocycles. The summed E-state index contributed by atoms with van der Waals surface area (Å²) in [5.74, 6) is -0.642. The molecule has 1 amide bonds. The largest absolute Gasteiger partial charge is 0.482 e. The zero-order chi connectivity index (χ0) is 14.3. The van der Waals surface area contributed by atoms with Crippen LogP contribution in [-0.2, 0) is 9.53 Å². The quantitative estimate of drug-likeness (QED) is 0.588. The zero-order valence-electron chi connectivity index (χ0n) is 10.5. The van der Waals surface area contributed by atoms with Crippen LogP contribution in [0.15, 0.2) is 16.6 Å². The number of nitrogen functional groups attached to an aromatic ring is 1. The van der Waals surface area contributed by atoms with E-state index in [0.717, 1.165) is 12.5 Å². The molecule has 0 bridgehead atoms. The van der Waals surface area contributed by atoms with Gasteiger partial charge >= 0.3 is 0 Å². The fourth-order valence-corrected chi connectivity index (χ4v) is 1.67. The molecule has 1 aromatic rings.